The van der Waals surface area contributed by atoms with Crippen LogP contribution in [0.4, 0.5) is 17.6 Å². The van der Waals surface area contributed by atoms with Gasteiger partial charge in [0.05, 0.1) is 16.6 Å². The summed E-state index contributed by atoms with van der Waals surface area (Å²) < 4.78 is 53.7. The van der Waals surface area contributed by atoms with Crippen molar-refractivity contribution in [1.82, 2.24) is 9.88 Å². The molecule has 36 heavy (non-hydrogen) atoms. The van der Waals surface area contributed by atoms with Crippen molar-refractivity contribution in [2.75, 3.05) is 6.54 Å². The Balaban J connectivity index is 1.63. The van der Waals surface area contributed by atoms with E-state index in [1.165, 1.54) is 18.2 Å². The van der Waals surface area contributed by atoms with Gasteiger partial charge in [0.1, 0.15) is 5.82 Å². The number of rotatable bonds is 6. The second-order valence-corrected chi connectivity index (χ2v) is 9.98. The molecular formula is C29H28F4N2O. The molecule has 0 unspecified atom stereocenters. The number of nitrogens with one attached hydrogen (secondary N) is 1. The molecule has 3 nitrogen and oxygen atoms in total. The Bertz CT molecular complexity index is 1360. The minimum atomic E-state index is -4.44. The maximum absolute atomic E-state index is 14.2. The first-order valence-electron chi connectivity index (χ1n) is 11.7. The fourth-order valence-corrected chi connectivity index (χ4v) is 4.22. The summed E-state index contributed by atoms with van der Waals surface area (Å²) >= 11 is 0. The number of H-pyrrole nitrogens is 1. The molecule has 3 aromatic carbocycles. The monoisotopic (exact) mass is 496 g/mol. The number of hydrogen-bond donors (Lipinski definition) is 1. The molecule has 1 N–H and O–H groups in total. The van der Waals surface area contributed by atoms with Crippen LogP contribution in [0.1, 0.15) is 53.4 Å². The van der Waals surface area contributed by atoms with Gasteiger partial charge in [-0.1, -0.05) is 63.2 Å². The molecule has 1 aromatic heterocycles. The lowest BCUT2D eigenvalue weighted by atomic mass is 9.87. The van der Waals surface area contributed by atoms with Gasteiger partial charge >= 0.3 is 6.18 Å². The Morgan fingerprint density at radius 1 is 0.889 bits per heavy atom. The predicted molar refractivity (Wildman–Crippen MR) is 133 cm³/mol. The zero-order valence-corrected chi connectivity index (χ0v) is 20.4. The second kappa shape index (κ2) is 9.80. The molecule has 0 fully saturated rings. The van der Waals surface area contributed by atoms with Crippen LogP contribution in [0.25, 0.3) is 10.9 Å². The highest BCUT2D eigenvalue weighted by Gasteiger charge is 2.30. The van der Waals surface area contributed by atoms with Crippen molar-refractivity contribution in [1.29, 1.82) is 0 Å². The van der Waals surface area contributed by atoms with Crippen molar-refractivity contribution in [2.45, 2.75) is 45.3 Å². The third-order valence-corrected chi connectivity index (χ3v) is 6.31. The van der Waals surface area contributed by atoms with E-state index in [-0.39, 0.29) is 30.8 Å². The summed E-state index contributed by atoms with van der Waals surface area (Å²) in [6.07, 6.45) is -2.62. The molecule has 188 valence electrons. The zero-order valence-electron chi connectivity index (χ0n) is 20.4. The van der Waals surface area contributed by atoms with Crippen molar-refractivity contribution in [3.8, 4) is 0 Å². The highest BCUT2D eigenvalue weighted by molar-refractivity contribution is 6.05. The fraction of sp³-hybridized carbons (Fsp3) is 0.276. The highest BCUT2D eigenvalue weighted by atomic mass is 19.4. The average molecular weight is 497 g/mol. The predicted octanol–water partition coefficient (Wildman–Crippen LogP) is 7.51. The van der Waals surface area contributed by atoms with Crippen molar-refractivity contribution >= 4 is 16.8 Å². The Kier molecular flexibility index (Phi) is 6.94. The SMILES string of the molecule is CC(C)(C)c1ccc(CN(CCc2cccc(C(F)(F)F)c2)C(=O)c2ccc(F)c3cc[nH]c23)cc1. The first-order chi connectivity index (χ1) is 16.9. The first-order valence-corrected chi connectivity index (χ1v) is 11.7. The molecule has 1 heterocycles. The largest absolute Gasteiger partial charge is 0.416 e. The molecule has 0 radical (unpaired) electrons. The zero-order chi connectivity index (χ0) is 26.1. The van der Waals surface area contributed by atoms with E-state index >= 15 is 0 Å². The number of halogens is 4. The van der Waals surface area contributed by atoms with Crippen molar-refractivity contribution in [3.63, 3.8) is 0 Å². The van der Waals surface area contributed by atoms with Gasteiger partial charge in [-0.15, -0.1) is 0 Å². The average Bonchev–Trinajstić information content (AvgIpc) is 3.32. The minimum Gasteiger partial charge on any atom is -0.360 e. The Morgan fingerprint density at radius 3 is 2.28 bits per heavy atom. The van der Waals surface area contributed by atoms with Crippen LogP contribution in [0.2, 0.25) is 0 Å². The minimum absolute atomic E-state index is 0.0229. The number of carbonyl (C=O) groups excluding carboxylic acids is 1. The van der Waals surface area contributed by atoms with Crippen LogP contribution in [0, 0.1) is 5.82 Å². The number of aromatic amines is 1. The molecule has 0 saturated carbocycles. The van der Waals surface area contributed by atoms with Gasteiger partial charge in [0.15, 0.2) is 0 Å². The molecule has 0 aliphatic rings. The Morgan fingerprint density at radius 2 is 1.61 bits per heavy atom. The molecule has 0 spiro atoms. The highest BCUT2D eigenvalue weighted by Crippen LogP contribution is 2.30. The summed E-state index contributed by atoms with van der Waals surface area (Å²) in [6.45, 7) is 6.80. The van der Waals surface area contributed by atoms with Gasteiger partial charge in [0.2, 0.25) is 0 Å². The van der Waals surface area contributed by atoms with Crippen LogP contribution in [0.5, 0.6) is 0 Å². The molecular weight excluding hydrogens is 468 g/mol. The van der Waals surface area contributed by atoms with Crippen molar-refractivity contribution in [2.24, 2.45) is 0 Å². The van der Waals surface area contributed by atoms with Gasteiger partial charge < -0.3 is 9.88 Å². The van der Waals surface area contributed by atoms with Gasteiger partial charge in [-0.25, -0.2) is 4.39 Å². The van der Waals surface area contributed by atoms with Crippen LogP contribution in [-0.2, 0) is 24.6 Å². The Hall–Kier alpha value is -3.61. The summed E-state index contributed by atoms with van der Waals surface area (Å²) in [7, 11) is 0. The number of fused-ring (bicyclic) bond motifs is 1. The van der Waals surface area contributed by atoms with E-state index in [9.17, 15) is 22.4 Å². The molecule has 0 bridgehead atoms. The smallest absolute Gasteiger partial charge is 0.360 e. The number of hydrogen-bond acceptors (Lipinski definition) is 1. The molecule has 0 aliphatic carbocycles. The maximum Gasteiger partial charge on any atom is 0.416 e. The van der Waals surface area contributed by atoms with Gasteiger partial charge in [-0.2, -0.15) is 13.2 Å². The van der Waals surface area contributed by atoms with Gasteiger partial charge in [0, 0.05) is 24.7 Å². The van der Waals surface area contributed by atoms with Gasteiger partial charge in [-0.05, 0) is 52.8 Å². The second-order valence-electron chi connectivity index (χ2n) is 9.98. The quantitative estimate of drug-likeness (QED) is 0.276. The number of nitrogens with zero attached hydrogens (tertiary/aromatic N) is 1. The third kappa shape index (κ3) is 5.61. The standard InChI is InChI=1S/C29H28F4N2O/c1-28(2,3)21-9-7-20(8-10-21)18-35(16-14-19-5-4-6-22(17-19)29(31,32)33)27(36)24-11-12-25(30)23-13-15-34-26(23)24/h4-13,15,17,34H,14,16,18H2,1-3H3. The lowest BCUT2D eigenvalue weighted by Crippen LogP contribution is -2.33. The van der Waals surface area contributed by atoms with Crippen molar-refractivity contribution in [3.05, 3.63) is 107 Å². The fourth-order valence-electron chi connectivity index (χ4n) is 4.22. The van der Waals surface area contributed by atoms with E-state index < -0.39 is 17.6 Å². The first kappa shape index (κ1) is 25.5. The molecule has 0 atom stereocenters. The number of aromatic nitrogens is 1. The summed E-state index contributed by atoms with van der Waals surface area (Å²) in [4.78, 5) is 18.2. The third-order valence-electron chi connectivity index (χ3n) is 6.31. The molecule has 4 aromatic rings. The summed E-state index contributed by atoms with van der Waals surface area (Å²) in [5.41, 5.74) is 2.49. The van der Waals surface area contributed by atoms with Crippen LogP contribution >= 0.6 is 0 Å². The molecule has 0 saturated heterocycles. The maximum atomic E-state index is 14.2. The summed E-state index contributed by atoms with van der Waals surface area (Å²) in [5.74, 6) is -0.759. The topological polar surface area (TPSA) is 36.1 Å². The lowest BCUT2D eigenvalue weighted by Gasteiger charge is -2.25. The Labute approximate surface area is 207 Å². The molecule has 1 amide bonds. The van der Waals surface area contributed by atoms with E-state index in [0.717, 1.165) is 23.3 Å². The van der Waals surface area contributed by atoms with Crippen LogP contribution in [0.15, 0.2) is 72.9 Å². The number of benzene rings is 3. The van der Waals surface area contributed by atoms with Crippen LogP contribution < -0.4 is 0 Å². The normalized spacial score (nSPS) is 12.2. The molecule has 0 aliphatic heterocycles. The lowest BCUT2D eigenvalue weighted by molar-refractivity contribution is -0.137. The van der Waals surface area contributed by atoms with Gasteiger partial charge in [-0.3, -0.25) is 4.79 Å². The summed E-state index contributed by atoms with van der Waals surface area (Å²) in [6, 6.07) is 17.4. The van der Waals surface area contributed by atoms with Crippen LogP contribution in [0.3, 0.4) is 0 Å². The number of amides is 1. The van der Waals surface area contributed by atoms with E-state index in [2.05, 4.69) is 25.8 Å². The molecule has 7 heteroatoms. The van der Waals surface area contributed by atoms with E-state index in [4.69, 9.17) is 0 Å². The molecule has 4 rings (SSSR count). The van der Waals surface area contributed by atoms with Crippen LogP contribution in [-0.4, -0.2) is 22.3 Å². The van der Waals surface area contributed by atoms with E-state index in [0.29, 0.717) is 22.0 Å². The number of carbonyl (C=O) groups is 1. The van der Waals surface area contributed by atoms with Crippen molar-refractivity contribution < 1.29 is 22.4 Å². The summed E-state index contributed by atoms with van der Waals surface area (Å²) in [5, 5.41) is 0.313. The van der Waals surface area contributed by atoms with E-state index in [1.807, 2.05) is 24.3 Å². The van der Waals surface area contributed by atoms with Gasteiger partial charge in [0.25, 0.3) is 5.91 Å². The van der Waals surface area contributed by atoms with E-state index in [1.54, 1.807) is 23.2 Å². The number of alkyl halides is 3.